The van der Waals surface area contributed by atoms with E-state index >= 15 is 0 Å². The van der Waals surface area contributed by atoms with Crippen molar-refractivity contribution < 1.29 is 19.0 Å². The Kier molecular flexibility index (Phi) is 4.59. The second kappa shape index (κ2) is 6.68. The highest BCUT2D eigenvalue weighted by Crippen LogP contribution is 2.26. The molecule has 130 valence electrons. The third-order valence-corrected chi connectivity index (χ3v) is 3.81. The minimum Gasteiger partial charge on any atom is -0.493 e. The smallest absolute Gasteiger partial charge is 0.357 e. The van der Waals surface area contributed by atoms with Gasteiger partial charge in [0.15, 0.2) is 11.3 Å². The van der Waals surface area contributed by atoms with E-state index in [1.807, 2.05) is 0 Å². The van der Waals surface area contributed by atoms with Gasteiger partial charge in [-0.3, -0.25) is 0 Å². The predicted octanol–water partition coefficient (Wildman–Crippen LogP) is 3.38. The van der Waals surface area contributed by atoms with E-state index in [-0.39, 0.29) is 34.7 Å². The van der Waals surface area contributed by atoms with Crippen LogP contribution in [0.3, 0.4) is 0 Å². The van der Waals surface area contributed by atoms with E-state index in [0.29, 0.717) is 11.2 Å². The number of fused-ring (bicyclic) bond motifs is 1. The van der Waals surface area contributed by atoms with Crippen molar-refractivity contribution in [2.45, 2.75) is 26.4 Å². The summed E-state index contributed by atoms with van der Waals surface area (Å²) in [5.41, 5.74) is 0.987. The van der Waals surface area contributed by atoms with Crippen LogP contribution in [0.5, 0.6) is 5.88 Å². The molecule has 3 aromatic rings. The fraction of sp³-hybridized carbons (Fsp3) is 0.235. The van der Waals surface area contributed by atoms with Crippen molar-refractivity contribution in [2.75, 3.05) is 0 Å². The van der Waals surface area contributed by atoms with Gasteiger partial charge in [0.25, 0.3) is 0 Å². The maximum Gasteiger partial charge on any atom is 0.357 e. The fourth-order valence-corrected chi connectivity index (χ4v) is 2.53. The normalized spacial score (nSPS) is 11.2. The molecular weight excluding hydrogens is 349 g/mol. The average molecular weight is 364 g/mol. The summed E-state index contributed by atoms with van der Waals surface area (Å²) >= 11 is 5.69. The SMILES string of the molecule is CC(C)OC(=O)c1nc2ccnn2c(O)c1Cc1ccc(Cl)c(F)c1. The Morgan fingerprint density at radius 1 is 1.40 bits per heavy atom. The third-order valence-electron chi connectivity index (χ3n) is 3.51. The van der Waals surface area contributed by atoms with Crippen molar-refractivity contribution in [1.82, 2.24) is 14.6 Å². The largest absolute Gasteiger partial charge is 0.493 e. The van der Waals surface area contributed by atoms with Crippen molar-refractivity contribution in [2.24, 2.45) is 0 Å². The van der Waals surface area contributed by atoms with Gasteiger partial charge in [-0.25, -0.2) is 14.2 Å². The van der Waals surface area contributed by atoms with Crippen LogP contribution >= 0.6 is 11.6 Å². The van der Waals surface area contributed by atoms with Crippen LogP contribution in [0.25, 0.3) is 5.65 Å². The summed E-state index contributed by atoms with van der Waals surface area (Å²) in [6.45, 7) is 3.42. The Morgan fingerprint density at radius 2 is 2.16 bits per heavy atom. The maximum absolute atomic E-state index is 13.7. The lowest BCUT2D eigenvalue weighted by Gasteiger charge is -2.13. The van der Waals surface area contributed by atoms with Gasteiger partial charge < -0.3 is 9.84 Å². The van der Waals surface area contributed by atoms with Crippen molar-refractivity contribution in [3.63, 3.8) is 0 Å². The molecule has 6 nitrogen and oxygen atoms in total. The van der Waals surface area contributed by atoms with E-state index in [1.165, 1.54) is 22.8 Å². The first-order chi connectivity index (χ1) is 11.9. The number of carbonyl (C=O) groups is 1. The lowest BCUT2D eigenvalue weighted by molar-refractivity contribution is 0.0369. The van der Waals surface area contributed by atoms with Gasteiger partial charge in [0.2, 0.25) is 5.88 Å². The monoisotopic (exact) mass is 363 g/mol. The van der Waals surface area contributed by atoms with Gasteiger partial charge in [0.1, 0.15) is 5.82 Å². The number of hydrogen-bond donors (Lipinski definition) is 1. The zero-order chi connectivity index (χ0) is 18.1. The summed E-state index contributed by atoms with van der Waals surface area (Å²) in [5, 5.41) is 14.5. The van der Waals surface area contributed by atoms with E-state index in [4.69, 9.17) is 16.3 Å². The highest BCUT2D eigenvalue weighted by molar-refractivity contribution is 6.30. The second-order valence-corrected chi connectivity index (χ2v) is 6.15. The molecule has 3 rings (SSSR count). The van der Waals surface area contributed by atoms with E-state index in [2.05, 4.69) is 10.1 Å². The number of carbonyl (C=O) groups excluding carboxylic acids is 1. The molecule has 1 aromatic carbocycles. The first-order valence-corrected chi connectivity index (χ1v) is 7.95. The van der Waals surface area contributed by atoms with Gasteiger partial charge in [-0.1, -0.05) is 17.7 Å². The molecular formula is C17H15ClFN3O3. The molecule has 0 aliphatic heterocycles. The molecule has 8 heteroatoms. The summed E-state index contributed by atoms with van der Waals surface area (Å²) in [4.78, 5) is 16.6. The number of aromatic hydroxyl groups is 1. The Hall–Kier alpha value is -2.67. The molecule has 0 atom stereocenters. The first-order valence-electron chi connectivity index (χ1n) is 7.57. The lowest BCUT2D eigenvalue weighted by atomic mass is 10.0. The maximum atomic E-state index is 13.7. The number of hydrogen-bond acceptors (Lipinski definition) is 5. The number of halogens is 2. The molecule has 0 fully saturated rings. The summed E-state index contributed by atoms with van der Waals surface area (Å²) in [6, 6.07) is 5.81. The molecule has 0 saturated carbocycles. The highest BCUT2D eigenvalue weighted by Gasteiger charge is 2.23. The van der Waals surface area contributed by atoms with Crippen LogP contribution in [0.4, 0.5) is 4.39 Å². The Morgan fingerprint density at radius 3 is 2.84 bits per heavy atom. The molecule has 0 aliphatic carbocycles. The van der Waals surface area contributed by atoms with Crippen LogP contribution in [-0.4, -0.2) is 31.8 Å². The predicted molar refractivity (Wildman–Crippen MR) is 89.4 cm³/mol. The van der Waals surface area contributed by atoms with Crippen LogP contribution in [0, 0.1) is 5.82 Å². The number of esters is 1. The molecule has 0 radical (unpaired) electrons. The van der Waals surface area contributed by atoms with Gasteiger partial charge >= 0.3 is 5.97 Å². The van der Waals surface area contributed by atoms with Gasteiger partial charge in [-0.05, 0) is 31.5 Å². The molecule has 25 heavy (non-hydrogen) atoms. The minimum atomic E-state index is -0.668. The summed E-state index contributed by atoms with van der Waals surface area (Å²) in [6.07, 6.45) is 1.16. The van der Waals surface area contributed by atoms with E-state index < -0.39 is 11.8 Å². The quantitative estimate of drug-likeness (QED) is 0.719. The Balaban J connectivity index is 2.11. The minimum absolute atomic E-state index is 0.00642. The van der Waals surface area contributed by atoms with Crippen LogP contribution < -0.4 is 0 Å². The molecule has 0 spiro atoms. The zero-order valence-corrected chi connectivity index (χ0v) is 14.3. The molecule has 2 heterocycles. The zero-order valence-electron chi connectivity index (χ0n) is 13.5. The number of benzene rings is 1. The van der Waals surface area contributed by atoms with Crippen molar-refractivity contribution in [3.8, 4) is 5.88 Å². The van der Waals surface area contributed by atoms with E-state index in [1.54, 1.807) is 26.0 Å². The lowest BCUT2D eigenvalue weighted by Crippen LogP contribution is -2.17. The molecule has 0 aliphatic rings. The van der Waals surface area contributed by atoms with E-state index in [9.17, 15) is 14.3 Å². The number of rotatable bonds is 4. The average Bonchev–Trinajstić information content (AvgIpc) is 3.01. The standard InChI is InChI=1S/C17H15ClFN3O3/c1-9(2)25-17(24)15-11(7-10-3-4-12(18)13(19)8-10)16(23)22-14(21-15)5-6-20-22/h3-6,8-9,23H,7H2,1-2H3. The van der Waals surface area contributed by atoms with E-state index in [0.717, 1.165) is 0 Å². The van der Waals surface area contributed by atoms with Crippen molar-refractivity contribution in [1.29, 1.82) is 0 Å². The van der Waals surface area contributed by atoms with Crippen molar-refractivity contribution >= 4 is 23.2 Å². The Bertz CT molecular complexity index is 956. The molecule has 1 N–H and O–H groups in total. The van der Waals surface area contributed by atoms with Crippen LogP contribution in [0.15, 0.2) is 30.5 Å². The van der Waals surface area contributed by atoms with Crippen LogP contribution in [0.1, 0.15) is 35.5 Å². The third kappa shape index (κ3) is 3.41. The van der Waals surface area contributed by atoms with Crippen LogP contribution in [0.2, 0.25) is 5.02 Å². The fourth-order valence-electron chi connectivity index (χ4n) is 2.42. The van der Waals surface area contributed by atoms with Gasteiger partial charge in [-0.2, -0.15) is 9.61 Å². The summed E-state index contributed by atoms with van der Waals surface area (Å²) < 4.78 is 20.1. The van der Waals surface area contributed by atoms with Crippen molar-refractivity contribution in [3.05, 3.63) is 58.1 Å². The molecule has 0 bridgehead atoms. The second-order valence-electron chi connectivity index (χ2n) is 5.74. The topological polar surface area (TPSA) is 76.7 Å². The van der Waals surface area contributed by atoms with Gasteiger partial charge in [-0.15, -0.1) is 0 Å². The van der Waals surface area contributed by atoms with Crippen LogP contribution in [-0.2, 0) is 11.2 Å². The summed E-state index contributed by atoms with van der Waals surface area (Å²) in [5.74, 6) is -1.50. The molecule has 0 amide bonds. The molecule has 0 saturated heterocycles. The van der Waals surface area contributed by atoms with Gasteiger partial charge in [0, 0.05) is 12.5 Å². The molecule has 0 unspecified atom stereocenters. The number of aromatic nitrogens is 3. The first kappa shape index (κ1) is 17.2. The number of nitrogens with zero attached hydrogens (tertiary/aromatic N) is 3. The Labute approximate surface area is 147 Å². The van der Waals surface area contributed by atoms with Gasteiger partial charge in [0.05, 0.1) is 22.9 Å². The summed E-state index contributed by atoms with van der Waals surface area (Å²) in [7, 11) is 0. The molecule has 2 aromatic heterocycles. The highest BCUT2D eigenvalue weighted by atomic mass is 35.5. The number of ether oxygens (including phenoxy) is 1.